The molecule has 2 heterocycles. The van der Waals surface area contributed by atoms with Crippen LogP contribution in [0.15, 0.2) is 51.9 Å². The lowest BCUT2D eigenvalue weighted by atomic mass is 10.1. The Kier molecular flexibility index (Phi) is 6.44. The van der Waals surface area contributed by atoms with Crippen LogP contribution in [0.2, 0.25) is 0 Å². The van der Waals surface area contributed by atoms with Gasteiger partial charge in [0.05, 0.1) is 16.4 Å². The molecule has 0 radical (unpaired) electrons. The number of nitro groups is 1. The number of hydrogen-bond acceptors (Lipinski definition) is 9. The number of carbonyl (C=O) groups excluding carboxylic acids is 1. The molecule has 0 unspecified atom stereocenters. The minimum absolute atomic E-state index is 0.0251. The zero-order valence-corrected chi connectivity index (χ0v) is 19.5. The standard InChI is InChI=1S/C22H23N5O6S/c1-15-5-3-4-6-19(15)21-23-20(33-24-21)14-25-7-9-26(10-8-25)22(28)16-11-17(27(29)30)13-18(12-16)34(2,31)32/h3-6,11-13H,7-10,14H2,1-2H3. The number of nitro benzene ring substituents is 1. The van der Waals surface area contributed by atoms with Gasteiger partial charge in [-0.3, -0.25) is 19.8 Å². The first-order chi connectivity index (χ1) is 16.1. The van der Waals surface area contributed by atoms with Crippen LogP contribution in [0.25, 0.3) is 11.4 Å². The zero-order chi connectivity index (χ0) is 24.5. The van der Waals surface area contributed by atoms with E-state index in [4.69, 9.17) is 4.52 Å². The summed E-state index contributed by atoms with van der Waals surface area (Å²) in [6, 6.07) is 11.0. The molecular formula is C22H23N5O6S. The third-order valence-electron chi connectivity index (χ3n) is 5.65. The Bertz CT molecular complexity index is 1350. The summed E-state index contributed by atoms with van der Waals surface area (Å²) in [4.78, 5) is 31.3. The summed E-state index contributed by atoms with van der Waals surface area (Å²) in [7, 11) is -3.72. The molecule has 2 aromatic carbocycles. The van der Waals surface area contributed by atoms with Gasteiger partial charge < -0.3 is 9.42 Å². The lowest BCUT2D eigenvalue weighted by Gasteiger charge is -2.34. The largest absolute Gasteiger partial charge is 0.338 e. The van der Waals surface area contributed by atoms with Gasteiger partial charge >= 0.3 is 0 Å². The zero-order valence-electron chi connectivity index (χ0n) is 18.7. The Labute approximate surface area is 196 Å². The number of benzene rings is 2. The Morgan fingerprint density at radius 1 is 1.15 bits per heavy atom. The third-order valence-corrected chi connectivity index (χ3v) is 6.74. The minimum atomic E-state index is -3.72. The van der Waals surface area contributed by atoms with Crippen LogP contribution in [0.5, 0.6) is 0 Å². The number of aromatic nitrogens is 2. The molecule has 1 aromatic heterocycles. The van der Waals surface area contributed by atoms with Crippen LogP contribution in [0.1, 0.15) is 21.8 Å². The maximum atomic E-state index is 13.0. The molecule has 0 aliphatic carbocycles. The van der Waals surface area contributed by atoms with E-state index in [0.29, 0.717) is 44.4 Å². The van der Waals surface area contributed by atoms with E-state index in [2.05, 4.69) is 15.0 Å². The van der Waals surface area contributed by atoms with Crippen LogP contribution in [0.3, 0.4) is 0 Å². The van der Waals surface area contributed by atoms with Gasteiger partial charge in [0.1, 0.15) is 0 Å². The van der Waals surface area contributed by atoms with Crippen LogP contribution < -0.4 is 0 Å². The molecule has 0 atom stereocenters. The van der Waals surface area contributed by atoms with Gasteiger partial charge in [0.25, 0.3) is 11.6 Å². The molecule has 3 aromatic rings. The molecule has 1 aliphatic rings. The molecule has 1 fully saturated rings. The second kappa shape index (κ2) is 9.31. The molecule has 12 heteroatoms. The molecule has 178 valence electrons. The molecule has 0 spiro atoms. The van der Waals surface area contributed by atoms with E-state index in [9.17, 15) is 23.3 Å². The van der Waals surface area contributed by atoms with Gasteiger partial charge in [-0.05, 0) is 18.6 Å². The number of non-ortho nitro benzene ring substituents is 1. The predicted octanol–water partition coefficient (Wildman–Crippen LogP) is 2.31. The van der Waals surface area contributed by atoms with E-state index in [-0.39, 0.29) is 10.5 Å². The van der Waals surface area contributed by atoms with Gasteiger partial charge in [0, 0.05) is 55.7 Å². The first kappa shape index (κ1) is 23.5. The Balaban J connectivity index is 1.42. The lowest BCUT2D eigenvalue weighted by Crippen LogP contribution is -2.48. The summed E-state index contributed by atoms with van der Waals surface area (Å²) in [6.45, 7) is 4.20. The molecule has 0 bridgehead atoms. The van der Waals surface area contributed by atoms with Crippen LogP contribution in [-0.2, 0) is 16.4 Å². The second-order valence-corrected chi connectivity index (χ2v) is 10.2. The van der Waals surface area contributed by atoms with Crippen LogP contribution in [0.4, 0.5) is 5.69 Å². The van der Waals surface area contributed by atoms with Crippen molar-refractivity contribution >= 4 is 21.4 Å². The number of hydrogen-bond donors (Lipinski definition) is 0. The fourth-order valence-electron chi connectivity index (χ4n) is 3.76. The Morgan fingerprint density at radius 3 is 2.50 bits per heavy atom. The van der Waals surface area contributed by atoms with Crippen molar-refractivity contribution < 1.29 is 22.7 Å². The lowest BCUT2D eigenvalue weighted by molar-refractivity contribution is -0.385. The SMILES string of the molecule is Cc1ccccc1-c1noc(CN2CCN(C(=O)c3cc([N+](=O)[O-])cc(S(C)(=O)=O)c3)CC2)n1. The van der Waals surface area contributed by atoms with Gasteiger partial charge in [-0.2, -0.15) is 4.98 Å². The summed E-state index contributed by atoms with van der Waals surface area (Å²) in [5, 5.41) is 15.3. The van der Waals surface area contributed by atoms with E-state index < -0.39 is 26.4 Å². The van der Waals surface area contributed by atoms with E-state index in [1.165, 1.54) is 6.07 Å². The van der Waals surface area contributed by atoms with Crippen molar-refractivity contribution in [2.75, 3.05) is 32.4 Å². The molecule has 1 aliphatic heterocycles. The second-order valence-electron chi connectivity index (χ2n) is 8.14. The molecule has 4 rings (SSSR count). The summed E-state index contributed by atoms with van der Waals surface area (Å²) >= 11 is 0. The monoisotopic (exact) mass is 485 g/mol. The molecule has 1 saturated heterocycles. The maximum absolute atomic E-state index is 13.0. The summed E-state index contributed by atoms with van der Waals surface area (Å²) in [5.41, 5.74) is 1.48. The number of rotatable bonds is 6. The summed E-state index contributed by atoms with van der Waals surface area (Å²) in [5.74, 6) is 0.539. The summed E-state index contributed by atoms with van der Waals surface area (Å²) in [6.07, 6.45) is 0.946. The number of amides is 1. The predicted molar refractivity (Wildman–Crippen MR) is 122 cm³/mol. The number of aryl methyl sites for hydroxylation is 1. The Hall–Kier alpha value is -3.64. The molecule has 0 N–H and O–H groups in total. The molecule has 0 saturated carbocycles. The first-order valence-electron chi connectivity index (χ1n) is 10.5. The van der Waals surface area contributed by atoms with Gasteiger partial charge in [-0.15, -0.1) is 0 Å². The highest BCUT2D eigenvalue weighted by molar-refractivity contribution is 7.90. The molecule has 11 nitrogen and oxygen atoms in total. The number of sulfone groups is 1. The molecule has 1 amide bonds. The van der Waals surface area contributed by atoms with Crippen molar-refractivity contribution in [1.29, 1.82) is 0 Å². The minimum Gasteiger partial charge on any atom is -0.338 e. The normalized spacial score (nSPS) is 14.8. The molecule has 34 heavy (non-hydrogen) atoms. The van der Waals surface area contributed by atoms with E-state index in [1.54, 1.807) is 4.90 Å². The average Bonchev–Trinajstić information content (AvgIpc) is 3.26. The third kappa shape index (κ3) is 5.13. The van der Waals surface area contributed by atoms with Crippen molar-refractivity contribution in [3.8, 4) is 11.4 Å². The van der Waals surface area contributed by atoms with Gasteiger partial charge in [-0.25, -0.2) is 8.42 Å². The van der Waals surface area contributed by atoms with E-state index >= 15 is 0 Å². The smallest absolute Gasteiger partial charge is 0.271 e. The quantitative estimate of drug-likeness (QED) is 0.380. The van der Waals surface area contributed by atoms with Gasteiger partial charge in [0.2, 0.25) is 11.7 Å². The highest BCUT2D eigenvalue weighted by Crippen LogP contribution is 2.23. The highest BCUT2D eigenvalue weighted by atomic mass is 32.2. The van der Waals surface area contributed by atoms with Gasteiger partial charge in [0.15, 0.2) is 9.84 Å². The van der Waals surface area contributed by atoms with Crippen LogP contribution in [-0.4, -0.2) is 71.6 Å². The number of piperazine rings is 1. The topological polar surface area (TPSA) is 140 Å². The van der Waals surface area contributed by atoms with Crippen molar-refractivity contribution in [1.82, 2.24) is 19.9 Å². The number of carbonyl (C=O) groups is 1. The van der Waals surface area contributed by atoms with Crippen molar-refractivity contribution in [3.63, 3.8) is 0 Å². The van der Waals surface area contributed by atoms with Crippen LogP contribution >= 0.6 is 0 Å². The van der Waals surface area contributed by atoms with Crippen molar-refractivity contribution in [2.45, 2.75) is 18.4 Å². The van der Waals surface area contributed by atoms with Crippen molar-refractivity contribution in [3.05, 3.63) is 69.6 Å². The first-order valence-corrected chi connectivity index (χ1v) is 12.4. The Morgan fingerprint density at radius 2 is 1.85 bits per heavy atom. The fourth-order valence-corrected chi connectivity index (χ4v) is 4.44. The fraction of sp³-hybridized carbons (Fsp3) is 0.318. The van der Waals surface area contributed by atoms with E-state index in [1.807, 2.05) is 31.2 Å². The highest BCUT2D eigenvalue weighted by Gasteiger charge is 2.26. The van der Waals surface area contributed by atoms with Crippen molar-refractivity contribution in [2.24, 2.45) is 0 Å². The number of nitrogens with zero attached hydrogens (tertiary/aromatic N) is 5. The average molecular weight is 486 g/mol. The van der Waals surface area contributed by atoms with Gasteiger partial charge in [-0.1, -0.05) is 29.4 Å². The molecular weight excluding hydrogens is 462 g/mol. The summed E-state index contributed by atoms with van der Waals surface area (Å²) < 4.78 is 29.2. The van der Waals surface area contributed by atoms with E-state index in [0.717, 1.165) is 29.5 Å². The maximum Gasteiger partial charge on any atom is 0.271 e. The van der Waals surface area contributed by atoms with Crippen LogP contribution in [0, 0.1) is 17.0 Å².